The van der Waals surface area contributed by atoms with Crippen LogP contribution in [-0.4, -0.2) is 37.0 Å². The number of nitrogens with one attached hydrogen (secondary N) is 1. The van der Waals surface area contributed by atoms with Crippen molar-refractivity contribution in [3.8, 4) is 0 Å². The van der Waals surface area contributed by atoms with Crippen molar-refractivity contribution in [2.45, 2.75) is 58.4 Å². The zero-order chi connectivity index (χ0) is 12.7. The molecule has 1 N–H and O–H groups in total. The molecule has 1 fully saturated rings. The molecule has 0 saturated carbocycles. The average Bonchev–Trinajstić information content (AvgIpc) is 2.38. The van der Waals surface area contributed by atoms with Crippen LogP contribution in [0.25, 0.3) is 0 Å². The Morgan fingerprint density at radius 3 is 2.76 bits per heavy atom. The highest BCUT2D eigenvalue weighted by molar-refractivity contribution is 5.81. The minimum Gasteiger partial charge on any atom is -0.344 e. The molecule has 2 atom stereocenters. The minimum atomic E-state index is 0.0697. The van der Waals surface area contributed by atoms with E-state index in [0.29, 0.717) is 5.91 Å². The van der Waals surface area contributed by atoms with Crippen molar-refractivity contribution in [2.75, 3.05) is 20.1 Å². The summed E-state index contributed by atoms with van der Waals surface area (Å²) in [7, 11) is 1.94. The predicted octanol–water partition coefficient (Wildman–Crippen LogP) is 2.41. The molecule has 0 aromatic rings. The quantitative estimate of drug-likeness (QED) is 0.723. The Bertz CT molecular complexity index is 230. The first-order chi connectivity index (χ1) is 8.19. The fourth-order valence-electron chi connectivity index (χ4n) is 2.53. The first-order valence-corrected chi connectivity index (χ1v) is 7.17. The highest BCUT2D eigenvalue weighted by Crippen LogP contribution is 2.20. The average molecular weight is 240 g/mol. The molecule has 3 nitrogen and oxygen atoms in total. The van der Waals surface area contributed by atoms with Crippen molar-refractivity contribution in [3.05, 3.63) is 0 Å². The van der Waals surface area contributed by atoms with Gasteiger partial charge in [0.05, 0.1) is 6.04 Å². The van der Waals surface area contributed by atoms with Gasteiger partial charge in [-0.2, -0.15) is 0 Å². The number of carbonyl (C=O) groups excluding carboxylic acids is 1. The number of hydrogen-bond acceptors (Lipinski definition) is 2. The summed E-state index contributed by atoms with van der Waals surface area (Å²) in [5.74, 6) is 1.02. The Balaban J connectivity index is 2.34. The molecule has 100 valence electrons. The lowest BCUT2D eigenvalue weighted by Gasteiger charge is -2.31. The second-order valence-corrected chi connectivity index (χ2v) is 5.27. The van der Waals surface area contributed by atoms with Crippen LogP contribution in [0.2, 0.25) is 0 Å². The predicted molar refractivity (Wildman–Crippen MR) is 72.0 cm³/mol. The van der Waals surface area contributed by atoms with Gasteiger partial charge in [-0.25, -0.2) is 0 Å². The largest absolute Gasteiger partial charge is 0.344 e. The lowest BCUT2D eigenvalue weighted by Crippen LogP contribution is -2.49. The van der Waals surface area contributed by atoms with Crippen molar-refractivity contribution in [2.24, 2.45) is 5.92 Å². The number of amides is 1. The summed E-state index contributed by atoms with van der Waals surface area (Å²) in [5.41, 5.74) is 0. The fourth-order valence-corrected chi connectivity index (χ4v) is 2.53. The van der Waals surface area contributed by atoms with E-state index in [9.17, 15) is 4.79 Å². The Morgan fingerprint density at radius 1 is 1.35 bits per heavy atom. The molecule has 17 heavy (non-hydrogen) atoms. The van der Waals surface area contributed by atoms with Crippen molar-refractivity contribution in [1.82, 2.24) is 10.2 Å². The smallest absolute Gasteiger partial charge is 0.239 e. The van der Waals surface area contributed by atoms with Crippen LogP contribution in [0.4, 0.5) is 0 Å². The third-order valence-electron chi connectivity index (χ3n) is 3.86. The third-order valence-corrected chi connectivity index (χ3v) is 3.86. The molecule has 2 unspecified atom stereocenters. The lowest BCUT2D eigenvalue weighted by molar-refractivity contribution is -0.133. The molecule has 0 aliphatic carbocycles. The zero-order valence-electron chi connectivity index (χ0n) is 11.7. The first-order valence-electron chi connectivity index (χ1n) is 7.17. The number of hydrogen-bond donors (Lipinski definition) is 1. The van der Waals surface area contributed by atoms with Gasteiger partial charge in [0.25, 0.3) is 0 Å². The molecule has 0 bridgehead atoms. The van der Waals surface area contributed by atoms with E-state index in [4.69, 9.17) is 0 Å². The SMILES string of the molecule is CCCCCN(C)C(=O)C1CC(CC)CCN1. The molecule has 3 heteroatoms. The summed E-state index contributed by atoms with van der Waals surface area (Å²) in [6, 6.07) is 0.0697. The van der Waals surface area contributed by atoms with Crippen LogP contribution < -0.4 is 5.32 Å². The van der Waals surface area contributed by atoms with Crippen molar-refractivity contribution in [3.63, 3.8) is 0 Å². The molecule has 1 heterocycles. The molecular weight excluding hydrogens is 212 g/mol. The van der Waals surface area contributed by atoms with Gasteiger partial charge in [-0.1, -0.05) is 33.1 Å². The lowest BCUT2D eigenvalue weighted by atomic mass is 9.90. The van der Waals surface area contributed by atoms with Crippen LogP contribution in [-0.2, 0) is 4.79 Å². The summed E-state index contributed by atoms with van der Waals surface area (Å²) in [6.07, 6.45) is 7.00. The Kier molecular flexibility index (Phi) is 6.56. The van der Waals surface area contributed by atoms with Crippen molar-refractivity contribution in [1.29, 1.82) is 0 Å². The van der Waals surface area contributed by atoms with Gasteiger partial charge in [0.15, 0.2) is 0 Å². The summed E-state index contributed by atoms with van der Waals surface area (Å²) in [5, 5.41) is 3.36. The van der Waals surface area contributed by atoms with Crippen LogP contribution in [0.15, 0.2) is 0 Å². The molecule has 0 aromatic heterocycles. The van der Waals surface area contributed by atoms with Gasteiger partial charge in [-0.15, -0.1) is 0 Å². The number of likely N-dealkylation sites (N-methyl/N-ethyl adjacent to an activating group) is 1. The highest BCUT2D eigenvalue weighted by Gasteiger charge is 2.27. The number of rotatable bonds is 6. The number of nitrogens with zero attached hydrogens (tertiary/aromatic N) is 1. The van der Waals surface area contributed by atoms with E-state index in [1.54, 1.807) is 0 Å². The first kappa shape index (κ1) is 14.5. The third kappa shape index (κ3) is 4.66. The van der Waals surface area contributed by atoms with E-state index in [2.05, 4.69) is 19.2 Å². The molecule has 0 radical (unpaired) electrons. The van der Waals surface area contributed by atoms with Crippen LogP contribution in [0.5, 0.6) is 0 Å². The monoisotopic (exact) mass is 240 g/mol. The van der Waals surface area contributed by atoms with Crippen LogP contribution >= 0.6 is 0 Å². The molecule has 1 rings (SSSR count). The molecule has 1 saturated heterocycles. The van der Waals surface area contributed by atoms with E-state index < -0.39 is 0 Å². The van der Waals surface area contributed by atoms with Crippen molar-refractivity contribution >= 4 is 5.91 Å². The summed E-state index contributed by atoms with van der Waals surface area (Å²) >= 11 is 0. The summed E-state index contributed by atoms with van der Waals surface area (Å²) in [4.78, 5) is 14.1. The van der Waals surface area contributed by atoms with Crippen LogP contribution in [0, 0.1) is 5.92 Å². The van der Waals surface area contributed by atoms with Crippen LogP contribution in [0.1, 0.15) is 52.4 Å². The maximum absolute atomic E-state index is 12.2. The fraction of sp³-hybridized carbons (Fsp3) is 0.929. The van der Waals surface area contributed by atoms with Gasteiger partial charge in [0, 0.05) is 13.6 Å². The van der Waals surface area contributed by atoms with Crippen molar-refractivity contribution < 1.29 is 4.79 Å². The van der Waals surface area contributed by atoms with Gasteiger partial charge < -0.3 is 10.2 Å². The molecule has 0 aromatic carbocycles. The Hall–Kier alpha value is -0.570. The van der Waals surface area contributed by atoms with Gasteiger partial charge in [-0.05, 0) is 31.7 Å². The second-order valence-electron chi connectivity index (χ2n) is 5.27. The van der Waals surface area contributed by atoms with Gasteiger partial charge >= 0.3 is 0 Å². The maximum Gasteiger partial charge on any atom is 0.239 e. The molecule has 0 spiro atoms. The number of piperidine rings is 1. The van der Waals surface area contributed by atoms with E-state index in [0.717, 1.165) is 31.8 Å². The number of carbonyl (C=O) groups is 1. The topological polar surface area (TPSA) is 32.3 Å². The highest BCUT2D eigenvalue weighted by atomic mass is 16.2. The summed E-state index contributed by atoms with van der Waals surface area (Å²) in [6.45, 7) is 6.32. The standard InChI is InChI=1S/C14H28N2O/c1-4-6-7-10-16(3)14(17)13-11-12(5-2)8-9-15-13/h12-13,15H,4-11H2,1-3H3. The normalized spacial score (nSPS) is 24.6. The van der Waals surface area contributed by atoms with Gasteiger partial charge in [-0.3, -0.25) is 4.79 Å². The maximum atomic E-state index is 12.2. The summed E-state index contributed by atoms with van der Waals surface area (Å²) < 4.78 is 0. The molecular formula is C14H28N2O. The Morgan fingerprint density at radius 2 is 2.12 bits per heavy atom. The van der Waals surface area contributed by atoms with Gasteiger partial charge in [0.2, 0.25) is 5.91 Å². The molecule has 1 amide bonds. The van der Waals surface area contributed by atoms with E-state index in [-0.39, 0.29) is 6.04 Å². The number of unbranched alkanes of at least 4 members (excludes halogenated alkanes) is 2. The minimum absolute atomic E-state index is 0.0697. The molecule has 1 aliphatic rings. The van der Waals surface area contributed by atoms with E-state index in [1.807, 2.05) is 11.9 Å². The Labute approximate surface area is 106 Å². The zero-order valence-corrected chi connectivity index (χ0v) is 11.7. The van der Waals surface area contributed by atoms with E-state index in [1.165, 1.54) is 25.7 Å². The van der Waals surface area contributed by atoms with Crippen LogP contribution in [0.3, 0.4) is 0 Å². The van der Waals surface area contributed by atoms with Gasteiger partial charge in [0.1, 0.15) is 0 Å². The molecule has 1 aliphatic heterocycles. The second kappa shape index (κ2) is 7.70. The van der Waals surface area contributed by atoms with E-state index >= 15 is 0 Å².